The van der Waals surface area contributed by atoms with E-state index in [4.69, 9.17) is 9.63 Å². The first-order chi connectivity index (χ1) is 12.7. The van der Waals surface area contributed by atoms with Gasteiger partial charge in [-0.2, -0.15) is 0 Å². The Bertz CT molecular complexity index is 860. The molecule has 7 heteroatoms. The Labute approximate surface area is 151 Å². The van der Waals surface area contributed by atoms with Crippen molar-refractivity contribution in [2.75, 3.05) is 18.5 Å². The minimum Gasteiger partial charge on any atom is -0.395 e. The number of anilines is 1. The SMILES string of the molecule is Cc1onc(-c2ccccc2)c1CNc1ccc(C(=O)NCCO)cn1. The molecule has 3 rings (SSSR count). The second kappa shape index (κ2) is 8.26. The number of pyridine rings is 1. The van der Waals surface area contributed by atoms with E-state index in [1.807, 2.05) is 37.3 Å². The lowest BCUT2D eigenvalue weighted by molar-refractivity contribution is 0.0944. The number of benzene rings is 1. The van der Waals surface area contributed by atoms with Gasteiger partial charge in [-0.3, -0.25) is 4.79 Å². The Morgan fingerprint density at radius 1 is 1.19 bits per heavy atom. The Hall–Kier alpha value is -3.19. The molecule has 0 fully saturated rings. The Balaban J connectivity index is 1.68. The normalized spacial score (nSPS) is 10.5. The highest BCUT2D eigenvalue weighted by Gasteiger charge is 2.14. The van der Waals surface area contributed by atoms with Crippen LogP contribution >= 0.6 is 0 Å². The largest absolute Gasteiger partial charge is 0.395 e. The molecule has 0 saturated carbocycles. The minimum atomic E-state index is -0.264. The second-order valence-electron chi connectivity index (χ2n) is 5.70. The van der Waals surface area contributed by atoms with E-state index in [2.05, 4.69) is 20.8 Å². The third-order valence-electron chi connectivity index (χ3n) is 3.90. The molecule has 0 saturated heterocycles. The maximum atomic E-state index is 11.8. The summed E-state index contributed by atoms with van der Waals surface area (Å²) in [6.07, 6.45) is 1.49. The predicted molar refractivity (Wildman–Crippen MR) is 97.7 cm³/mol. The maximum Gasteiger partial charge on any atom is 0.252 e. The molecule has 0 atom stereocenters. The number of rotatable bonds is 7. The van der Waals surface area contributed by atoms with Gasteiger partial charge in [0.25, 0.3) is 5.91 Å². The Morgan fingerprint density at radius 3 is 2.69 bits per heavy atom. The molecule has 0 aliphatic heterocycles. The molecule has 1 aromatic carbocycles. The highest BCUT2D eigenvalue weighted by atomic mass is 16.5. The van der Waals surface area contributed by atoms with Crippen molar-refractivity contribution in [1.82, 2.24) is 15.5 Å². The van der Waals surface area contributed by atoms with Crippen LogP contribution in [0.15, 0.2) is 53.2 Å². The second-order valence-corrected chi connectivity index (χ2v) is 5.70. The summed E-state index contributed by atoms with van der Waals surface area (Å²) in [6, 6.07) is 13.3. The van der Waals surface area contributed by atoms with E-state index in [1.54, 1.807) is 12.1 Å². The van der Waals surface area contributed by atoms with Gasteiger partial charge in [-0.1, -0.05) is 35.5 Å². The minimum absolute atomic E-state index is 0.0966. The monoisotopic (exact) mass is 352 g/mol. The molecular weight excluding hydrogens is 332 g/mol. The molecule has 3 aromatic rings. The van der Waals surface area contributed by atoms with Gasteiger partial charge in [0, 0.05) is 30.4 Å². The topological polar surface area (TPSA) is 100 Å². The van der Waals surface area contributed by atoms with E-state index in [0.29, 0.717) is 17.9 Å². The number of amides is 1. The lowest BCUT2D eigenvalue weighted by atomic mass is 10.1. The molecule has 0 spiro atoms. The zero-order valence-electron chi connectivity index (χ0n) is 14.4. The van der Waals surface area contributed by atoms with Gasteiger partial charge in [-0.25, -0.2) is 4.98 Å². The lowest BCUT2D eigenvalue weighted by Gasteiger charge is -2.08. The predicted octanol–water partition coefficient (Wildman–Crippen LogP) is 2.38. The first-order valence-corrected chi connectivity index (χ1v) is 8.28. The average Bonchev–Trinajstić information content (AvgIpc) is 3.06. The van der Waals surface area contributed by atoms with Gasteiger partial charge in [0.1, 0.15) is 17.3 Å². The summed E-state index contributed by atoms with van der Waals surface area (Å²) in [6.45, 7) is 2.50. The molecule has 26 heavy (non-hydrogen) atoms. The van der Waals surface area contributed by atoms with E-state index in [9.17, 15) is 4.79 Å². The first-order valence-electron chi connectivity index (χ1n) is 8.28. The van der Waals surface area contributed by atoms with Crippen LogP contribution in [-0.2, 0) is 6.54 Å². The summed E-state index contributed by atoms with van der Waals surface area (Å²) in [5.41, 5.74) is 3.19. The van der Waals surface area contributed by atoms with E-state index in [0.717, 1.165) is 22.6 Å². The van der Waals surface area contributed by atoms with E-state index >= 15 is 0 Å². The molecule has 7 nitrogen and oxygen atoms in total. The first kappa shape index (κ1) is 17.6. The van der Waals surface area contributed by atoms with E-state index in [-0.39, 0.29) is 19.1 Å². The molecule has 2 heterocycles. The number of carbonyl (C=O) groups excluding carboxylic acids is 1. The van der Waals surface area contributed by atoms with Crippen molar-refractivity contribution in [3.63, 3.8) is 0 Å². The van der Waals surface area contributed by atoms with Gasteiger partial charge < -0.3 is 20.3 Å². The number of aliphatic hydroxyl groups is 1. The van der Waals surface area contributed by atoms with Crippen molar-refractivity contribution < 1.29 is 14.4 Å². The van der Waals surface area contributed by atoms with Gasteiger partial charge in [0.05, 0.1) is 12.2 Å². The van der Waals surface area contributed by atoms with Gasteiger partial charge in [0.15, 0.2) is 0 Å². The summed E-state index contributed by atoms with van der Waals surface area (Å²) in [5, 5.41) is 18.7. The fourth-order valence-corrected chi connectivity index (χ4v) is 2.51. The standard InChI is InChI=1S/C19H20N4O3/c1-13-16(18(23-26-13)14-5-3-2-4-6-14)12-22-17-8-7-15(11-21-17)19(25)20-9-10-24/h2-8,11,24H,9-10,12H2,1H3,(H,20,25)(H,21,22). The number of nitrogens with zero attached hydrogens (tertiary/aromatic N) is 2. The van der Waals surface area contributed by atoms with Crippen LogP contribution in [-0.4, -0.2) is 34.3 Å². The lowest BCUT2D eigenvalue weighted by Crippen LogP contribution is -2.26. The van der Waals surface area contributed by atoms with E-state index < -0.39 is 0 Å². The number of hydrogen-bond donors (Lipinski definition) is 3. The summed E-state index contributed by atoms with van der Waals surface area (Å²) in [5.74, 6) is 1.12. The third-order valence-corrected chi connectivity index (χ3v) is 3.90. The van der Waals surface area contributed by atoms with Crippen LogP contribution in [0.4, 0.5) is 5.82 Å². The molecule has 0 radical (unpaired) electrons. The van der Waals surface area contributed by atoms with Crippen molar-refractivity contribution in [3.05, 3.63) is 65.5 Å². The number of carbonyl (C=O) groups is 1. The van der Waals surface area contributed by atoms with Gasteiger partial charge >= 0.3 is 0 Å². The Morgan fingerprint density at radius 2 is 2.00 bits per heavy atom. The fourth-order valence-electron chi connectivity index (χ4n) is 2.51. The highest BCUT2D eigenvalue weighted by Crippen LogP contribution is 2.25. The molecule has 0 aliphatic carbocycles. The van der Waals surface area contributed by atoms with Crippen LogP contribution in [0.5, 0.6) is 0 Å². The molecule has 134 valence electrons. The molecule has 0 bridgehead atoms. The van der Waals surface area contributed by atoms with Crippen molar-refractivity contribution in [1.29, 1.82) is 0 Å². The zero-order chi connectivity index (χ0) is 18.4. The number of hydrogen-bond acceptors (Lipinski definition) is 6. The quantitative estimate of drug-likeness (QED) is 0.604. The number of aryl methyl sites for hydroxylation is 1. The zero-order valence-corrected chi connectivity index (χ0v) is 14.4. The highest BCUT2D eigenvalue weighted by molar-refractivity contribution is 5.94. The van der Waals surface area contributed by atoms with Crippen LogP contribution in [0, 0.1) is 6.92 Å². The van der Waals surface area contributed by atoms with Gasteiger partial charge in [-0.05, 0) is 19.1 Å². The van der Waals surface area contributed by atoms with Crippen molar-refractivity contribution in [3.8, 4) is 11.3 Å². The molecule has 1 amide bonds. The van der Waals surface area contributed by atoms with Crippen molar-refractivity contribution in [2.24, 2.45) is 0 Å². The smallest absolute Gasteiger partial charge is 0.252 e. The third kappa shape index (κ3) is 4.07. The Kier molecular flexibility index (Phi) is 5.60. The molecule has 2 aromatic heterocycles. The van der Waals surface area contributed by atoms with Crippen molar-refractivity contribution >= 4 is 11.7 Å². The number of aliphatic hydroxyl groups excluding tert-OH is 1. The molecular formula is C19H20N4O3. The molecule has 0 unspecified atom stereocenters. The summed E-state index contributed by atoms with van der Waals surface area (Å²) in [4.78, 5) is 16.1. The average molecular weight is 352 g/mol. The van der Waals surface area contributed by atoms with Crippen molar-refractivity contribution in [2.45, 2.75) is 13.5 Å². The van der Waals surface area contributed by atoms with Crippen LogP contribution in [0.2, 0.25) is 0 Å². The van der Waals surface area contributed by atoms with Crippen LogP contribution in [0.1, 0.15) is 21.7 Å². The number of aromatic nitrogens is 2. The van der Waals surface area contributed by atoms with Gasteiger partial charge in [-0.15, -0.1) is 0 Å². The van der Waals surface area contributed by atoms with Crippen LogP contribution in [0.25, 0.3) is 11.3 Å². The summed E-state index contributed by atoms with van der Waals surface area (Å²) in [7, 11) is 0. The van der Waals surface area contributed by atoms with Crippen LogP contribution in [0.3, 0.4) is 0 Å². The van der Waals surface area contributed by atoms with E-state index in [1.165, 1.54) is 6.20 Å². The molecule has 0 aliphatic rings. The summed E-state index contributed by atoms with van der Waals surface area (Å²) >= 11 is 0. The number of nitrogens with one attached hydrogen (secondary N) is 2. The maximum absolute atomic E-state index is 11.8. The van der Waals surface area contributed by atoms with Crippen LogP contribution < -0.4 is 10.6 Å². The molecule has 3 N–H and O–H groups in total. The summed E-state index contributed by atoms with van der Waals surface area (Å²) < 4.78 is 5.34. The van der Waals surface area contributed by atoms with Gasteiger partial charge in [0.2, 0.25) is 0 Å². The fraction of sp³-hybridized carbons (Fsp3) is 0.211.